The minimum absolute atomic E-state index is 0.298. The van der Waals surface area contributed by atoms with Crippen LogP contribution >= 0.6 is 0 Å². The molecule has 1 heterocycles. The Morgan fingerprint density at radius 2 is 1.93 bits per heavy atom. The lowest BCUT2D eigenvalue weighted by Gasteiger charge is -2.23. The molecule has 2 rings (SSSR count). The summed E-state index contributed by atoms with van der Waals surface area (Å²) < 4.78 is 4.94. The Balaban J connectivity index is 1.97. The lowest BCUT2D eigenvalue weighted by Crippen LogP contribution is -2.36. The number of carbonyl (C=O) groups is 1. The Kier molecular flexibility index (Phi) is 3.10. The minimum Gasteiger partial charge on any atom is -0.429 e. The average Bonchev–Trinajstić information content (AvgIpc) is 2.48. The highest BCUT2D eigenvalue weighted by atomic mass is 16.6. The van der Waals surface area contributed by atoms with Crippen LogP contribution in [0.15, 0.2) is 0 Å². The molecule has 0 radical (unpaired) electrons. The number of nitriles is 1. The minimum atomic E-state index is -0.555. The molecule has 82 valence electrons. The van der Waals surface area contributed by atoms with Crippen LogP contribution in [0.25, 0.3) is 0 Å². The summed E-state index contributed by atoms with van der Waals surface area (Å²) in [5.74, 6) is 0. The molecule has 1 saturated carbocycles. The lowest BCUT2D eigenvalue weighted by molar-refractivity contribution is 0.137. The number of amides is 1. The van der Waals surface area contributed by atoms with Gasteiger partial charge < -0.3 is 9.64 Å². The van der Waals surface area contributed by atoms with Crippen molar-refractivity contribution in [1.82, 2.24) is 4.90 Å². The fourth-order valence-electron chi connectivity index (χ4n) is 2.41. The summed E-state index contributed by atoms with van der Waals surface area (Å²) in [6.07, 6.45) is 6.18. The van der Waals surface area contributed by atoms with E-state index in [1.807, 2.05) is 6.07 Å². The fraction of sp³-hybridized carbons (Fsp3) is 0.818. The van der Waals surface area contributed by atoms with Gasteiger partial charge >= 0.3 is 6.09 Å². The third-order valence-corrected chi connectivity index (χ3v) is 3.25. The third-order valence-electron chi connectivity index (χ3n) is 3.25. The van der Waals surface area contributed by atoms with Crippen molar-refractivity contribution in [3.8, 4) is 6.07 Å². The van der Waals surface area contributed by atoms with Crippen LogP contribution in [-0.2, 0) is 4.74 Å². The van der Waals surface area contributed by atoms with Gasteiger partial charge in [0, 0.05) is 6.04 Å². The highest BCUT2D eigenvalue weighted by molar-refractivity contribution is 5.70. The molecule has 1 aliphatic heterocycles. The second-order valence-corrected chi connectivity index (χ2v) is 4.30. The van der Waals surface area contributed by atoms with Crippen molar-refractivity contribution in [2.45, 2.75) is 50.7 Å². The van der Waals surface area contributed by atoms with E-state index < -0.39 is 6.10 Å². The number of rotatable bonds is 1. The summed E-state index contributed by atoms with van der Waals surface area (Å²) in [5, 5.41) is 8.70. The molecular weight excluding hydrogens is 192 g/mol. The first kappa shape index (κ1) is 10.3. The molecule has 0 aromatic heterocycles. The van der Waals surface area contributed by atoms with E-state index in [0.717, 1.165) is 12.8 Å². The summed E-state index contributed by atoms with van der Waals surface area (Å²) in [6, 6.07) is 2.30. The van der Waals surface area contributed by atoms with E-state index in [9.17, 15) is 4.79 Å². The predicted octanol–water partition coefficient (Wildman–Crippen LogP) is 2.05. The molecule has 2 fully saturated rings. The standard InChI is InChI=1S/C11H16N2O2/c12-7-10-8-13(11(14)15-10)9-5-3-1-2-4-6-9/h9-10H,1-6,8H2. The Labute approximate surface area is 89.8 Å². The Bertz CT molecular complexity index is 277. The van der Waals surface area contributed by atoms with Crippen LogP contribution < -0.4 is 0 Å². The van der Waals surface area contributed by atoms with Crippen LogP contribution in [0, 0.1) is 11.3 Å². The van der Waals surface area contributed by atoms with E-state index >= 15 is 0 Å². The van der Waals surface area contributed by atoms with Crippen LogP contribution in [-0.4, -0.2) is 29.7 Å². The van der Waals surface area contributed by atoms with Crippen LogP contribution in [0.5, 0.6) is 0 Å². The fourth-order valence-corrected chi connectivity index (χ4v) is 2.41. The Morgan fingerprint density at radius 3 is 2.47 bits per heavy atom. The molecule has 0 aromatic rings. The summed E-state index contributed by atoms with van der Waals surface area (Å²) in [7, 11) is 0. The van der Waals surface area contributed by atoms with Crippen molar-refractivity contribution < 1.29 is 9.53 Å². The highest BCUT2D eigenvalue weighted by Crippen LogP contribution is 2.25. The van der Waals surface area contributed by atoms with Gasteiger partial charge in [0.1, 0.15) is 6.07 Å². The van der Waals surface area contributed by atoms with Crippen molar-refractivity contribution in [2.24, 2.45) is 0 Å². The normalized spacial score (nSPS) is 28.3. The third kappa shape index (κ3) is 2.23. The van der Waals surface area contributed by atoms with E-state index in [0.29, 0.717) is 12.6 Å². The van der Waals surface area contributed by atoms with Gasteiger partial charge in [-0.2, -0.15) is 5.26 Å². The first-order valence-corrected chi connectivity index (χ1v) is 5.68. The summed E-state index contributed by atoms with van der Waals surface area (Å²) >= 11 is 0. The van der Waals surface area contributed by atoms with Crippen molar-refractivity contribution >= 4 is 6.09 Å². The summed E-state index contributed by atoms with van der Waals surface area (Å²) in [5.41, 5.74) is 0. The maximum Gasteiger partial charge on any atom is 0.411 e. The molecule has 0 bridgehead atoms. The largest absolute Gasteiger partial charge is 0.429 e. The van der Waals surface area contributed by atoms with Gasteiger partial charge in [0.2, 0.25) is 6.10 Å². The molecule has 2 aliphatic rings. The molecule has 1 saturated heterocycles. The van der Waals surface area contributed by atoms with Crippen LogP contribution in [0.1, 0.15) is 38.5 Å². The van der Waals surface area contributed by atoms with E-state index in [1.165, 1.54) is 25.7 Å². The molecule has 1 atom stereocenters. The lowest BCUT2D eigenvalue weighted by atomic mass is 10.1. The zero-order valence-electron chi connectivity index (χ0n) is 8.82. The molecule has 1 aliphatic carbocycles. The van der Waals surface area contributed by atoms with Crippen LogP contribution in [0.4, 0.5) is 4.79 Å². The first-order valence-electron chi connectivity index (χ1n) is 5.68. The van der Waals surface area contributed by atoms with E-state index in [1.54, 1.807) is 4.90 Å². The van der Waals surface area contributed by atoms with Gasteiger partial charge in [-0.05, 0) is 12.8 Å². The SMILES string of the molecule is N#CC1CN(C2CCCCCC2)C(=O)O1. The first-order chi connectivity index (χ1) is 7.31. The van der Waals surface area contributed by atoms with Gasteiger partial charge in [-0.3, -0.25) is 0 Å². The molecule has 4 nitrogen and oxygen atoms in total. The van der Waals surface area contributed by atoms with E-state index in [4.69, 9.17) is 10.00 Å². The number of hydrogen-bond acceptors (Lipinski definition) is 3. The monoisotopic (exact) mass is 208 g/mol. The predicted molar refractivity (Wildman–Crippen MR) is 54.1 cm³/mol. The molecule has 0 N–H and O–H groups in total. The molecule has 1 unspecified atom stereocenters. The number of hydrogen-bond donors (Lipinski definition) is 0. The summed E-state index contributed by atoms with van der Waals surface area (Å²) in [4.78, 5) is 13.3. The molecule has 15 heavy (non-hydrogen) atoms. The van der Waals surface area contributed by atoms with Gasteiger partial charge in [0.25, 0.3) is 0 Å². The topological polar surface area (TPSA) is 53.3 Å². The van der Waals surface area contributed by atoms with Crippen LogP contribution in [0.2, 0.25) is 0 Å². The van der Waals surface area contributed by atoms with Crippen molar-refractivity contribution in [3.05, 3.63) is 0 Å². The zero-order chi connectivity index (χ0) is 10.7. The maximum atomic E-state index is 11.5. The van der Waals surface area contributed by atoms with Gasteiger partial charge in [-0.15, -0.1) is 0 Å². The van der Waals surface area contributed by atoms with Gasteiger partial charge in [-0.25, -0.2) is 4.79 Å². The van der Waals surface area contributed by atoms with Crippen molar-refractivity contribution in [2.75, 3.05) is 6.54 Å². The molecule has 4 heteroatoms. The highest BCUT2D eigenvalue weighted by Gasteiger charge is 2.35. The summed E-state index contributed by atoms with van der Waals surface area (Å²) in [6.45, 7) is 0.458. The van der Waals surface area contributed by atoms with Crippen molar-refractivity contribution in [1.29, 1.82) is 5.26 Å². The Morgan fingerprint density at radius 1 is 1.27 bits per heavy atom. The van der Waals surface area contributed by atoms with Crippen molar-refractivity contribution in [3.63, 3.8) is 0 Å². The molecule has 1 amide bonds. The van der Waals surface area contributed by atoms with Gasteiger partial charge in [0.15, 0.2) is 0 Å². The molecular formula is C11H16N2O2. The van der Waals surface area contributed by atoms with Gasteiger partial charge in [-0.1, -0.05) is 25.7 Å². The number of ether oxygens (including phenoxy) is 1. The zero-order valence-corrected chi connectivity index (χ0v) is 8.82. The quantitative estimate of drug-likeness (QED) is 0.620. The van der Waals surface area contributed by atoms with E-state index in [-0.39, 0.29) is 6.09 Å². The van der Waals surface area contributed by atoms with Crippen LogP contribution in [0.3, 0.4) is 0 Å². The van der Waals surface area contributed by atoms with Gasteiger partial charge in [0.05, 0.1) is 6.54 Å². The second kappa shape index (κ2) is 4.52. The molecule has 0 spiro atoms. The second-order valence-electron chi connectivity index (χ2n) is 4.30. The maximum absolute atomic E-state index is 11.5. The number of cyclic esters (lactones) is 1. The molecule has 0 aromatic carbocycles. The number of carbonyl (C=O) groups excluding carboxylic acids is 1. The average molecular weight is 208 g/mol. The smallest absolute Gasteiger partial charge is 0.411 e. The Hall–Kier alpha value is -1.24. The number of nitrogens with zero attached hydrogens (tertiary/aromatic N) is 2. The van der Waals surface area contributed by atoms with E-state index in [2.05, 4.69) is 0 Å².